The number of rotatable bonds is 5. The van der Waals surface area contributed by atoms with Crippen LogP contribution in [0.4, 0.5) is 22.7 Å². The number of nitro groups is 2. The van der Waals surface area contributed by atoms with Crippen molar-refractivity contribution in [2.45, 2.75) is 13.8 Å². The highest BCUT2D eigenvalue weighted by molar-refractivity contribution is 9.19. The predicted octanol–water partition coefficient (Wildman–Crippen LogP) is 5.02. The Balaban J connectivity index is 0.000000492. The molecule has 2 aromatic rings. The third kappa shape index (κ3) is 10.5. The van der Waals surface area contributed by atoms with Crippen molar-refractivity contribution in [2.75, 3.05) is 21.7 Å². The summed E-state index contributed by atoms with van der Waals surface area (Å²) < 4.78 is -0.0162. The second-order valence-electron chi connectivity index (χ2n) is 5.63. The number of amides is 1. The molecular formula is C18H19Br3N4O6. The fourth-order valence-corrected chi connectivity index (χ4v) is 2.12. The summed E-state index contributed by atoms with van der Waals surface area (Å²) in [6.45, 7) is 3.23. The van der Waals surface area contributed by atoms with E-state index in [1.165, 1.54) is 18.2 Å². The fraction of sp³-hybridized carbons (Fsp3) is 0.222. The normalized spacial score (nSPS) is 9.32. The Kier molecular flexibility index (Phi) is 13.5. The van der Waals surface area contributed by atoms with Crippen LogP contribution >= 0.6 is 47.8 Å². The number of hydrogen-bond acceptors (Lipinski definition) is 7. The summed E-state index contributed by atoms with van der Waals surface area (Å²) in [6.07, 6.45) is 0. The summed E-state index contributed by atoms with van der Waals surface area (Å²) in [7, 11) is 0. The highest BCUT2D eigenvalue weighted by Gasteiger charge is 2.14. The van der Waals surface area contributed by atoms with E-state index in [1.54, 1.807) is 32.0 Å². The van der Waals surface area contributed by atoms with Crippen molar-refractivity contribution < 1.29 is 19.4 Å². The molecule has 0 atom stereocenters. The molecule has 0 radical (unpaired) electrons. The second-order valence-corrected chi connectivity index (χ2v) is 7.63. The molecule has 0 saturated carbocycles. The van der Waals surface area contributed by atoms with E-state index in [1.807, 2.05) is 0 Å². The van der Waals surface area contributed by atoms with Gasteiger partial charge in [-0.1, -0.05) is 44.0 Å². The number of nitro benzene ring substituents is 2. The maximum Gasteiger partial charge on any atom is 0.274 e. The van der Waals surface area contributed by atoms with Crippen molar-refractivity contribution >= 4 is 81.1 Å². The van der Waals surface area contributed by atoms with Crippen molar-refractivity contribution in [3.05, 3.63) is 67.8 Å². The molecule has 0 saturated heterocycles. The number of nitrogens with two attached hydrogens (primary N) is 1. The average molecular weight is 627 g/mol. The summed E-state index contributed by atoms with van der Waals surface area (Å²) in [5.74, 6) is -0.237. The summed E-state index contributed by atoms with van der Waals surface area (Å²) in [4.78, 5) is 40.8. The largest absolute Gasteiger partial charge is 0.398 e. The van der Waals surface area contributed by atoms with Gasteiger partial charge in [-0.3, -0.25) is 29.8 Å². The molecule has 0 bridgehead atoms. The van der Waals surface area contributed by atoms with Gasteiger partial charge in [-0.15, -0.1) is 0 Å². The number of carbonyl (C=O) groups is 2. The average Bonchev–Trinajstić information content (AvgIpc) is 2.71. The third-order valence-electron chi connectivity index (χ3n) is 3.55. The number of carbonyl (C=O) groups excluding carboxylic acids is 2. The first-order valence-electron chi connectivity index (χ1n) is 8.29. The van der Waals surface area contributed by atoms with Crippen LogP contribution in [0.2, 0.25) is 0 Å². The van der Waals surface area contributed by atoms with Crippen LogP contribution in [0.3, 0.4) is 0 Å². The topological polar surface area (TPSA) is 158 Å². The molecule has 0 heterocycles. The Bertz CT molecular complexity index is 956. The van der Waals surface area contributed by atoms with E-state index in [0.29, 0.717) is 27.8 Å². The Morgan fingerprint density at radius 2 is 1.39 bits per heavy atom. The maximum atomic E-state index is 11.1. The SMILES string of the molecule is Cc1c(N)cccc1[N+](=O)[O-].Cc1c(NC(=O)CBr)cccc1[N+](=O)[O-].O=C(Br)CBr. The van der Waals surface area contributed by atoms with E-state index in [-0.39, 0.29) is 27.3 Å². The molecule has 2 rings (SSSR count). The van der Waals surface area contributed by atoms with Gasteiger partial charge in [-0.25, -0.2) is 0 Å². The van der Waals surface area contributed by atoms with Crippen LogP contribution < -0.4 is 11.1 Å². The number of anilines is 2. The lowest BCUT2D eigenvalue weighted by Crippen LogP contribution is -2.13. The van der Waals surface area contributed by atoms with E-state index >= 15 is 0 Å². The van der Waals surface area contributed by atoms with Gasteiger partial charge < -0.3 is 11.1 Å². The zero-order valence-electron chi connectivity index (χ0n) is 16.4. The molecule has 0 aliphatic rings. The molecule has 2 aromatic carbocycles. The predicted molar refractivity (Wildman–Crippen MR) is 130 cm³/mol. The number of alkyl halides is 2. The molecule has 0 spiro atoms. The van der Waals surface area contributed by atoms with E-state index < -0.39 is 9.85 Å². The van der Waals surface area contributed by atoms with Crippen molar-refractivity contribution in [1.29, 1.82) is 0 Å². The number of nitrogens with one attached hydrogen (secondary N) is 1. The molecule has 31 heavy (non-hydrogen) atoms. The summed E-state index contributed by atoms with van der Waals surface area (Å²) in [6, 6.07) is 9.21. The minimum Gasteiger partial charge on any atom is -0.398 e. The molecular weight excluding hydrogens is 608 g/mol. The molecule has 1 amide bonds. The minimum atomic E-state index is -0.473. The van der Waals surface area contributed by atoms with Crippen molar-refractivity contribution in [2.24, 2.45) is 0 Å². The second kappa shape index (κ2) is 14.6. The minimum absolute atomic E-state index is 0.00220. The Labute approximate surface area is 203 Å². The van der Waals surface area contributed by atoms with Gasteiger partial charge in [-0.2, -0.15) is 0 Å². The molecule has 0 aliphatic heterocycles. The summed E-state index contributed by atoms with van der Waals surface area (Å²) in [5.41, 5.74) is 7.44. The Hall–Kier alpha value is -2.38. The lowest BCUT2D eigenvalue weighted by Gasteiger charge is -2.06. The van der Waals surface area contributed by atoms with E-state index in [4.69, 9.17) is 5.73 Å². The van der Waals surface area contributed by atoms with Crippen molar-refractivity contribution in [3.8, 4) is 0 Å². The smallest absolute Gasteiger partial charge is 0.274 e. The lowest BCUT2D eigenvalue weighted by molar-refractivity contribution is -0.385. The first-order chi connectivity index (χ1) is 14.5. The summed E-state index contributed by atoms with van der Waals surface area (Å²) in [5, 5.41) is 24.1. The van der Waals surface area contributed by atoms with Crippen LogP contribution in [-0.2, 0) is 9.59 Å². The molecule has 0 unspecified atom stereocenters. The maximum absolute atomic E-state index is 11.1. The van der Waals surface area contributed by atoms with Crippen LogP contribution in [0.15, 0.2) is 36.4 Å². The first kappa shape index (κ1) is 28.6. The first-order valence-corrected chi connectivity index (χ1v) is 11.3. The van der Waals surface area contributed by atoms with E-state index in [0.717, 1.165) is 0 Å². The monoisotopic (exact) mass is 624 g/mol. The van der Waals surface area contributed by atoms with Crippen LogP contribution in [-0.4, -0.2) is 31.1 Å². The molecule has 0 fully saturated rings. The third-order valence-corrected chi connectivity index (χ3v) is 5.60. The van der Waals surface area contributed by atoms with Gasteiger partial charge in [0, 0.05) is 23.4 Å². The van der Waals surface area contributed by atoms with Crippen LogP contribution in [0.25, 0.3) is 0 Å². The van der Waals surface area contributed by atoms with E-state index in [2.05, 4.69) is 53.1 Å². The number of nitrogens with zero attached hydrogens (tertiary/aromatic N) is 2. The van der Waals surface area contributed by atoms with Gasteiger partial charge in [-0.05, 0) is 41.9 Å². The molecule has 0 aliphatic carbocycles. The van der Waals surface area contributed by atoms with Gasteiger partial charge in [0.15, 0.2) is 0 Å². The number of benzene rings is 2. The highest BCUT2D eigenvalue weighted by Crippen LogP contribution is 2.25. The van der Waals surface area contributed by atoms with Gasteiger partial charge in [0.25, 0.3) is 11.4 Å². The standard InChI is InChI=1S/C9H9BrN2O3.C7H8N2O2.C2H2Br2O/c1-6-7(11-9(13)5-10)3-2-4-8(6)12(14)15;1-5-6(8)3-2-4-7(5)9(10)11;3-1-2(4)5/h2-4H,5H2,1H3,(H,11,13);2-4H,8H2,1H3;1H2. The van der Waals surface area contributed by atoms with E-state index in [9.17, 15) is 29.8 Å². The number of hydrogen-bond donors (Lipinski definition) is 2. The molecule has 3 N–H and O–H groups in total. The molecule has 0 aromatic heterocycles. The zero-order valence-corrected chi connectivity index (χ0v) is 21.2. The zero-order chi connectivity index (χ0) is 24.1. The number of halogens is 3. The van der Waals surface area contributed by atoms with Crippen LogP contribution in [0, 0.1) is 34.1 Å². The van der Waals surface area contributed by atoms with Gasteiger partial charge in [0.05, 0.1) is 31.8 Å². The highest BCUT2D eigenvalue weighted by atomic mass is 79.9. The van der Waals surface area contributed by atoms with Gasteiger partial charge in [0.2, 0.25) is 10.6 Å². The van der Waals surface area contributed by atoms with Crippen LogP contribution in [0.5, 0.6) is 0 Å². The molecule has 10 nitrogen and oxygen atoms in total. The summed E-state index contributed by atoms with van der Waals surface area (Å²) >= 11 is 8.60. The number of nitrogen functional groups attached to an aromatic ring is 1. The van der Waals surface area contributed by atoms with Gasteiger partial charge >= 0.3 is 0 Å². The Morgan fingerprint density at radius 1 is 0.935 bits per heavy atom. The lowest BCUT2D eigenvalue weighted by atomic mass is 10.1. The molecule has 168 valence electrons. The Morgan fingerprint density at radius 3 is 1.77 bits per heavy atom. The quantitative estimate of drug-likeness (QED) is 0.155. The van der Waals surface area contributed by atoms with Crippen molar-refractivity contribution in [1.82, 2.24) is 0 Å². The fourth-order valence-electron chi connectivity index (χ4n) is 1.98. The van der Waals surface area contributed by atoms with Crippen molar-refractivity contribution in [3.63, 3.8) is 0 Å². The van der Waals surface area contributed by atoms with Gasteiger partial charge in [0.1, 0.15) is 0 Å². The molecule has 13 heteroatoms. The van der Waals surface area contributed by atoms with Crippen LogP contribution in [0.1, 0.15) is 11.1 Å².